The average Bonchev–Trinajstić information content (AvgIpc) is 2.14. The zero-order valence-corrected chi connectivity index (χ0v) is 13.7. The van der Waals surface area contributed by atoms with E-state index in [9.17, 15) is 19.8 Å². The molecule has 0 aromatic heterocycles. The van der Waals surface area contributed by atoms with E-state index in [1.165, 1.54) is 0 Å². The second-order valence-electron chi connectivity index (χ2n) is 4.42. The summed E-state index contributed by atoms with van der Waals surface area (Å²) in [6.45, 7) is 9.34. The van der Waals surface area contributed by atoms with Crippen molar-refractivity contribution in [2.24, 2.45) is 11.8 Å². The Morgan fingerprint density at radius 3 is 1.41 bits per heavy atom. The van der Waals surface area contributed by atoms with Gasteiger partial charge in [-0.3, -0.25) is 0 Å². The second-order valence-corrected chi connectivity index (χ2v) is 8.17. The average molecular weight is 347 g/mol. The summed E-state index contributed by atoms with van der Waals surface area (Å²) in [5.74, 6) is -1.16. The smallest absolute Gasteiger partial charge is 0.0643 e. The van der Waals surface area contributed by atoms with Crippen LogP contribution < -0.4 is 10.2 Å². The Morgan fingerprint density at radius 1 is 0.941 bits per heavy atom. The maximum absolute atomic E-state index is 9.41. The number of carboxylic acids is 2. The Kier molecular flexibility index (Phi) is 13.2. The fraction of sp³-hybridized carbons (Fsp3) is 0.667. The van der Waals surface area contributed by atoms with Gasteiger partial charge in [-0.05, 0) is 12.2 Å². The van der Waals surface area contributed by atoms with E-state index < -0.39 is 11.9 Å². The molecule has 0 aliphatic carbocycles. The maximum Gasteiger partial charge on any atom is 0.0643 e. The molecular formula is C12H20O4Sn. The number of rotatable bonds is 6. The van der Waals surface area contributed by atoms with Crippen molar-refractivity contribution < 1.29 is 19.8 Å². The summed E-state index contributed by atoms with van der Waals surface area (Å²) in [6.07, 6.45) is 0.769. The largest absolute Gasteiger partial charge is 0.545 e. The predicted molar refractivity (Wildman–Crippen MR) is 64.2 cm³/mol. The van der Waals surface area contributed by atoms with E-state index in [1.807, 2.05) is 0 Å². The molecule has 4 nitrogen and oxygen atoms in total. The molecule has 0 bridgehead atoms. The zero-order chi connectivity index (χ0) is 13.8. The first-order valence-corrected chi connectivity index (χ1v) is 9.60. The normalized spacial score (nSPS) is 10.0. The SMILES string of the molecule is CC(C)[CH2][Sn+2][CH2]C(C)C.O=C([O-])C=CC(=O)[O-]. The summed E-state index contributed by atoms with van der Waals surface area (Å²) in [4.78, 5) is 18.8. The fourth-order valence-corrected chi connectivity index (χ4v) is 4.57. The van der Waals surface area contributed by atoms with Crippen LogP contribution in [0.2, 0.25) is 8.87 Å². The molecule has 17 heavy (non-hydrogen) atoms. The monoisotopic (exact) mass is 348 g/mol. The second kappa shape index (κ2) is 11.9. The Bertz CT molecular complexity index is 223. The minimum absolute atomic E-state index is 0.0709. The quantitative estimate of drug-likeness (QED) is 0.496. The van der Waals surface area contributed by atoms with E-state index in [0.29, 0.717) is 12.2 Å². The molecule has 0 aliphatic rings. The van der Waals surface area contributed by atoms with Crippen molar-refractivity contribution in [2.75, 3.05) is 0 Å². The first-order valence-electron chi connectivity index (χ1n) is 5.56. The Labute approximate surface area is 113 Å². The van der Waals surface area contributed by atoms with Crippen LogP contribution in [0.4, 0.5) is 0 Å². The van der Waals surface area contributed by atoms with Gasteiger partial charge in [-0.25, -0.2) is 0 Å². The minimum atomic E-state index is -1.55. The molecule has 0 N–H and O–H groups in total. The molecule has 0 rings (SSSR count). The van der Waals surface area contributed by atoms with Gasteiger partial charge >= 0.3 is 69.5 Å². The molecule has 0 aromatic carbocycles. The first kappa shape index (κ1) is 18.8. The molecule has 0 unspecified atom stereocenters. The number of carboxylic acid groups (broad SMARTS) is 2. The number of hydrogen-bond acceptors (Lipinski definition) is 4. The van der Waals surface area contributed by atoms with Crippen molar-refractivity contribution in [1.29, 1.82) is 0 Å². The minimum Gasteiger partial charge on any atom is -0.545 e. The molecule has 0 aromatic rings. The molecule has 0 amide bonds. The van der Waals surface area contributed by atoms with Crippen LogP contribution in [0.15, 0.2) is 12.2 Å². The summed E-state index contributed by atoms with van der Waals surface area (Å²) < 4.78 is 3.14. The molecule has 96 valence electrons. The summed E-state index contributed by atoms with van der Waals surface area (Å²) in [5, 5.41) is 18.8. The standard InChI is InChI=1S/C4H4O4.2C4H9.Sn/c5-3(6)1-2-4(7)8;2*1-4(2)3;/h1-2H,(H,5,6)(H,7,8);2*4H,1H2,2-3H3;/q;;;+2/p-2. The molecular weight excluding hydrogens is 327 g/mol. The van der Waals surface area contributed by atoms with Crippen LogP contribution in [-0.4, -0.2) is 33.1 Å². The van der Waals surface area contributed by atoms with Crippen LogP contribution in [0.3, 0.4) is 0 Å². The van der Waals surface area contributed by atoms with Gasteiger partial charge in [0.1, 0.15) is 0 Å². The first-order chi connectivity index (χ1) is 7.75. The number of carbonyl (C=O) groups excluding carboxylic acids is 2. The fourth-order valence-electron chi connectivity index (χ4n) is 0.797. The number of aliphatic carboxylic acids is 2. The van der Waals surface area contributed by atoms with Crippen molar-refractivity contribution in [3.8, 4) is 0 Å². The summed E-state index contributed by atoms with van der Waals surface area (Å²) in [6, 6.07) is 0. The maximum atomic E-state index is 9.41. The van der Waals surface area contributed by atoms with Crippen LogP contribution in [0.1, 0.15) is 27.7 Å². The van der Waals surface area contributed by atoms with Gasteiger partial charge in [-0.1, -0.05) is 0 Å². The van der Waals surface area contributed by atoms with Crippen LogP contribution in [-0.2, 0) is 9.59 Å². The summed E-state index contributed by atoms with van der Waals surface area (Å²) >= 11 is 0.0709. The molecule has 0 atom stereocenters. The van der Waals surface area contributed by atoms with Crippen molar-refractivity contribution in [1.82, 2.24) is 0 Å². The third kappa shape index (κ3) is 25.6. The Hall–Kier alpha value is -0.521. The molecule has 0 saturated carbocycles. The van der Waals surface area contributed by atoms with Crippen LogP contribution >= 0.6 is 0 Å². The zero-order valence-electron chi connectivity index (χ0n) is 10.9. The van der Waals surface area contributed by atoms with E-state index in [1.54, 1.807) is 8.87 Å². The van der Waals surface area contributed by atoms with Crippen LogP contribution in [0, 0.1) is 11.8 Å². The predicted octanol–water partition coefficient (Wildman–Crippen LogP) is -0.118. The van der Waals surface area contributed by atoms with E-state index >= 15 is 0 Å². The molecule has 0 aliphatic heterocycles. The van der Waals surface area contributed by atoms with Crippen molar-refractivity contribution >= 4 is 33.1 Å². The topological polar surface area (TPSA) is 80.3 Å². The molecule has 0 saturated heterocycles. The number of hydrogen-bond donors (Lipinski definition) is 0. The van der Waals surface area contributed by atoms with Gasteiger partial charge in [0.05, 0.1) is 11.9 Å². The van der Waals surface area contributed by atoms with Gasteiger partial charge in [0.2, 0.25) is 0 Å². The summed E-state index contributed by atoms with van der Waals surface area (Å²) in [5.41, 5.74) is 0. The molecule has 5 heteroatoms. The summed E-state index contributed by atoms with van der Waals surface area (Å²) in [7, 11) is 0. The van der Waals surface area contributed by atoms with Crippen LogP contribution in [0.25, 0.3) is 0 Å². The number of carbonyl (C=O) groups is 2. The molecule has 0 radical (unpaired) electrons. The third-order valence-corrected chi connectivity index (χ3v) is 7.77. The van der Waals surface area contributed by atoms with Crippen LogP contribution in [0.5, 0.6) is 0 Å². The van der Waals surface area contributed by atoms with Crippen molar-refractivity contribution in [3.63, 3.8) is 0 Å². The van der Waals surface area contributed by atoms with Gasteiger partial charge in [0.25, 0.3) is 0 Å². The molecule has 0 heterocycles. The van der Waals surface area contributed by atoms with E-state index in [4.69, 9.17) is 0 Å². The van der Waals surface area contributed by atoms with Gasteiger partial charge < -0.3 is 19.8 Å². The molecule has 0 fully saturated rings. The van der Waals surface area contributed by atoms with Gasteiger partial charge in [0, 0.05) is 0 Å². The van der Waals surface area contributed by atoms with Gasteiger partial charge in [0.15, 0.2) is 0 Å². The van der Waals surface area contributed by atoms with E-state index in [-0.39, 0.29) is 21.1 Å². The Balaban J connectivity index is 0. The van der Waals surface area contributed by atoms with Crippen molar-refractivity contribution in [2.45, 2.75) is 36.6 Å². The Morgan fingerprint density at radius 2 is 1.24 bits per heavy atom. The van der Waals surface area contributed by atoms with Crippen molar-refractivity contribution in [3.05, 3.63) is 12.2 Å². The van der Waals surface area contributed by atoms with E-state index in [0.717, 1.165) is 11.8 Å². The van der Waals surface area contributed by atoms with E-state index in [2.05, 4.69) is 27.7 Å². The molecule has 0 spiro atoms. The third-order valence-electron chi connectivity index (χ3n) is 1.46. The van der Waals surface area contributed by atoms with Gasteiger partial charge in [-0.2, -0.15) is 0 Å². The van der Waals surface area contributed by atoms with Gasteiger partial charge in [-0.15, -0.1) is 0 Å².